The number of carboxylic acids is 1. The van der Waals surface area contributed by atoms with Crippen molar-refractivity contribution in [1.29, 1.82) is 0 Å². The minimum atomic E-state index is -1.00. The SMILES string of the molecule is Cc1ncc(C=O)c(CNCC(=O)O)c1O. The zero-order chi connectivity index (χ0) is 12.1. The van der Waals surface area contributed by atoms with Crippen molar-refractivity contribution in [3.63, 3.8) is 0 Å². The number of hydrogen-bond donors (Lipinski definition) is 3. The van der Waals surface area contributed by atoms with Gasteiger partial charge in [-0.05, 0) is 6.92 Å². The third-order valence-corrected chi connectivity index (χ3v) is 2.08. The highest BCUT2D eigenvalue weighted by Gasteiger charge is 2.11. The Kier molecular flexibility index (Phi) is 3.96. The van der Waals surface area contributed by atoms with E-state index >= 15 is 0 Å². The minimum Gasteiger partial charge on any atom is -0.506 e. The summed E-state index contributed by atoms with van der Waals surface area (Å²) in [5.74, 6) is -1.08. The Morgan fingerprint density at radius 2 is 2.31 bits per heavy atom. The first-order valence-electron chi connectivity index (χ1n) is 4.61. The van der Waals surface area contributed by atoms with Crippen molar-refractivity contribution in [1.82, 2.24) is 10.3 Å². The Balaban J connectivity index is 2.88. The normalized spacial score (nSPS) is 10.1. The lowest BCUT2D eigenvalue weighted by molar-refractivity contribution is -0.136. The van der Waals surface area contributed by atoms with E-state index in [1.807, 2.05) is 0 Å². The predicted molar refractivity (Wildman–Crippen MR) is 55.4 cm³/mol. The number of hydrogen-bond acceptors (Lipinski definition) is 5. The number of aldehydes is 1. The fourth-order valence-corrected chi connectivity index (χ4v) is 1.24. The number of aliphatic carboxylic acids is 1. The highest BCUT2D eigenvalue weighted by molar-refractivity contribution is 5.78. The lowest BCUT2D eigenvalue weighted by atomic mass is 10.1. The fourth-order valence-electron chi connectivity index (χ4n) is 1.24. The molecule has 0 saturated heterocycles. The number of aromatic hydroxyl groups is 1. The molecule has 0 radical (unpaired) electrons. The molecule has 6 nitrogen and oxygen atoms in total. The van der Waals surface area contributed by atoms with Crippen LogP contribution in [0.3, 0.4) is 0 Å². The number of rotatable bonds is 5. The third kappa shape index (κ3) is 2.77. The summed E-state index contributed by atoms with van der Waals surface area (Å²) in [6.07, 6.45) is 1.92. The Labute approximate surface area is 91.9 Å². The Morgan fingerprint density at radius 1 is 1.62 bits per heavy atom. The molecule has 0 fully saturated rings. The van der Waals surface area contributed by atoms with Crippen LogP contribution in [0, 0.1) is 6.92 Å². The van der Waals surface area contributed by atoms with E-state index in [0.29, 0.717) is 17.5 Å². The van der Waals surface area contributed by atoms with Crippen LogP contribution in [-0.2, 0) is 11.3 Å². The van der Waals surface area contributed by atoms with E-state index in [0.717, 1.165) is 0 Å². The second-order valence-corrected chi connectivity index (χ2v) is 3.24. The van der Waals surface area contributed by atoms with E-state index in [2.05, 4.69) is 10.3 Å². The zero-order valence-electron chi connectivity index (χ0n) is 8.73. The van der Waals surface area contributed by atoms with E-state index in [4.69, 9.17) is 5.11 Å². The molecular weight excluding hydrogens is 212 g/mol. The number of pyridine rings is 1. The van der Waals surface area contributed by atoms with Crippen molar-refractivity contribution in [2.24, 2.45) is 0 Å². The molecular formula is C10H12N2O4. The molecule has 0 aliphatic rings. The number of aromatic nitrogens is 1. The molecule has 1 rings (SSSR count). The molecule has 0 unspecified atom stereocenters. The predicted octanol–water partition coefficient (Wildman–Crippen LogP) is 0.0823. The quantitative estimate of drug-likeness (QED) is 0.612. The van der Waals surface area contributed by atoms with Crippen LogP contribution in [-0.4, -0.2) is 34.0 Å². The maximum absolute atomic E-state index is 10.7. The van der Waals surface area contributed by atoms with Gasteiger partial charge in [-0.3, -0.25) is 14.6 Å². The van der Waals surface area contributed by atoms with Crippen LogP contribution in [0.15, 0.2) is 6.20 Å². The number of carbonyl (C=O) groups is 2. The smallest absolute Gasteiger partial charge is 0.317 e. The summed E-state index contributed by atoms with van der Waals surface area (Å²) in [6.45, 7) is 1.47. The van der Waals surface area contributed by atoms with Gasteiger partial charge in [-0.1, -0.05) is 0 Å². The van der Waals surface area contributed by atoms with Crippen LogP contribution < -0.4 is 5.32 Å². The van der Waals surface area contributed by atoms with Gasteiger partial charge in [-0.2, -0.15) is 0 Å². The van der Waals surface area contributed by atoms with Gasteiger partial charge < -0.3 is 15.5 Å². The van der Waals surface area contributed by atoms with E-state index < -0.39 is 5.97 Å². The fraction of sp³-hybridized carbons (Fsp3) is 0.300. The van der Waals surface area contributed by atoms with Crippen LogP contribution >= 0.6 is 0 Å². The molecule has 0 aliphatic carbocycles. The van der Waals surface area contributed by atoms with Gasteiger partial charge in [0.1, 0.15) is 5.75 Å². The summed E-state index contributed by atoms with van der Waals surface area (Å²) >= 11 is 0. The standard InChI is InChI=1S/C10H12N2O4/c1-6-10(16)8(3-11-4-9(14)15)7(5-13)2-12-6/h2,5,11,16H,3-4H2,1H3,(H,14,15). The molecule has 1 heterocycles. The first-order valence-corrected chi connectivity index (χ1v) is 4.61. The van der Waals surface area contributed by atoms with Crippen molar-refractivity contribution in [2.45, 2.75) is 13.5 Å². The second kappa shape index (κ2) is 5.22. The van der Waals surface area contributed by atoms with Gasteiger partial charge in [0, 0.05) is 23.9 Å². The first kappa shape index (κ1) is 12.1. The number of nitrogens with one attached hydrogen (secondary N) is 1. The molecule has 0 saturated carbocycles. The first-order chi connectivity index (χ1) is 7.56. The average Bonchev–Trinajstić information content (AvgIpc) is 2.24. The number of carbonyl (C=O) groups excluding carboxylic acids is 1. The monoisotopic (exact) mass is 224 g/mol. The summed E-state index contributed by atoms with van der Waals surface area (Å²) < 4.78 is 0. The summed E-state index contributed by atoms with van der Waals surface area (Å²) in [6, 6.07) is 0. The van der Waals surface area contributed by atoms with Crippen LogP contribution in [0.2, 0.25) is 0 Å². The lowest BCUT2D eigenvalue weighted by Gasteiger charge is -2.09. The zero-order valence-corrected chi connectivity index (χ0v) is 8.73. The van der Waals surface area contributed by atoms with Crippen molar-refractivity contribution < 1.29 is 19.8 Å². The molecule has 16 heavy (non-hydrogen) atoms. The van der Waals surface area contributed by atoms with Gasteiger partial charge in [-0.15, -0.1) is 0 Å². The van der Waals surface area contributed by atoms with Gasteiger partial charge in [0.25, 0.3) is 0 Å². The molecule has 86 valence electrons. The summed E-state index contributed by atoms with van der Waals surface area (Å²) in [4.78, 5) is 24.8. The Bertz CT molecular complexity index is 418. The Hall–Kier alpha value is -1.95. The number of aryl methyl sites for hydroxylation is 1. The summed E-state index contributed by atoms with van der Waals surface area (Å²) in [7, 11) is 0. The maximum Gasteiger partial charge on any atom is 0.317 e. The van der Waals surface area contributed by atoms with Crippen molar-refractivity contribution >= 4 is 12.3 Å². The molecule has 0 amide bonds. The average molecular weight is 224 g/mol. The van der Waals surface area contributed by atoms with E-state index in [9.17, 15) is 14.7 Å². The van der Waals surface area contributed by atoms with E-state index in [-0.39, 0.29) is 24.4 Å². The van der Waals surface area contributed by atoms with Gasteiger partial charge in [0.05, 0.1) is 12.2 Å². The topological polar surface area (TPSA) is 99.5 Å². The number of carboxylic acid groups (broad SMARTS) is 1. The van der Waals surface area contributed by atoms with E-state index in [1.165, 1.54) is 6.20 Å². The minimum absolute atomic E-state index is 0.0810. The summed E-state index contributed by atoms with van der Waals surface area (Å²) in [5.41, 5.74) is 1.02. The van der Waals surface area contributed by atoms with Gasteiger partial charge in [-0.25, -0.2) is 0 Å². The van der Waals surface area contributed by atoms with Crippen LogP contribution in [0.1, 0.15) is 21.6 Å². The summed E-state index contributed by atoms with van der Waals surface area (Å²) in [5, 5.41) is 20.7. The van der Waals surface area contributed by atoms with Crippen molar-refractivity contribution in [2.75, 3.05) is 6.54 Å². The second-order valence-electron chi connectivity index (χ2n) is 3.24. The molecule has 0 atom stereocenters. The molecule has 6 heteroatoms. The number of nitrogens with zero attached hydrogens (tertiary/aromatic N) is 1. The molecule has 0 spiro atoms. The van der Waals surface area contributed by atoms with Crippen molar-refractivity contribution in [3.05, 3.63) is 23.0 Å². The molecule has 0 aromatic carbocycles. The van der Waals surface area contributed by atoms with Crippen LogP contribution in [0.25, 0.3) is 0 Å². The van der Waals surface area contributed by atoms with Gasteiger partial charge in [0.2, 0.25) is 0 Å². The third-order valence-electron chi connectivity index (χ3n) is 2.08. The van der Waals surface area contributed by atoms with Crippen LogP contribution in [0.5, 0.6) is 5.75 Å². The molecule has 1 aromatic rings. The molecule has 3 N–H and O–H groups in total. The highest BCUT2D eigenvalue weighted by Crippen LogP contribution is 2.22. The maximum atomic E-state index is 10.7. The molecule has 1 aromatic heterocycles. The lowest BCUT2D eigenvalue weighted by Crippen LogP contribution is -2.22. The van der Waals surface area contributed by atoms with Crippen molar-refractivity contribution in [3.8, 4) is 5.75 Å². The highest BCUT2D eigenvalue weighted by atomic mass is 16.4. The van der Waals surface area contributed by atoms with E-state index in [1.54, 1.807) is 6.92 Å². The Morgan fingerprint density at radius 3 is 2.88 bits per heavy atom. The van der Waals surface area contributed by atoms with Gasteiger partial charge in [0.15, 0.2) is 6.29 Å². The van der Waals surface area contributed by atoms with Crippen LogP contribution in [0.4, 0.5) is 0 Å². The van der Waals surface area contributed by atoms with Gasteiger partial charge >= 0.3 is 5.97 Å². The molecule has 0 bridgehead atoms. The molecule has 0 aliphatic heterocycles. The largest absolute Gasteiger partial charge is 0.506 e.